The molecule has 0 saturated heterocycles. The molecule has 0 fully saturated rings. The number of fused-ring (bicyclic) bond motifs is 1. The summed E-state index contributed by atoms with van der Waals surface area (Å²) in [6.45, 7) is 2.88. The molecule has 114 valence electrons. The van der Waals surface area contributed by atoms with Crippen molar-refractivity contribution in [3.63, 3.8) is 0 Å². The minimum Gasteiger partial charge on any atom is -0.459 e. The molecule has 1 amide bonds. The van der Waals surface area contributed by atoms with Crippen molar-refractivity contribution in [1.29, 1.82) is 0 Å². The summed E-state index contributed by atoms with van der Waals surface area (Å²) >= 11 is 1.46. The SMILES string of the molecule is Cc1c(CNC(=O)c2csc(CCN)n2)oc2ccccc12. The maximum absolute atomic E-state index is 12.1. The Morgan fingerprint density at radius 3 is 3.00 bits per heavy atom. The Kier molecular flexibility index (Phi) is 4.22. The highest BCUT2D eigenvalue weighted by Crippen LogP contribution is 2.24. The van der Waals surface area contributed by atoms with E-state index in [0.29, 0.717) is 25.2 Å². The Morgan fingerprint density at radius 2 is 2.23 bits per heavy atom. The number of hydrogen-bond donors (Lipinski definition) is 2. The van der Waals surface area contributed by atoms with E-state index in [4.69, 9.17) is 10.2 Å². The average molecular weight is 315 g/mol. The molecule has 0 saturated carbocycles. The Balaban J connectivity index is 1.70. The van der Waals surface area contributed by atoms with Crippen molar-refractivity contribution < 1.29 is 9.21 Å². The summed E-state index contributed by atoms with van der Waals surface area (Å²) in [5.74, 6) is 0.575. The summed E-state index contributed by atoms with van der Waals surface area (Å²) in [6.07, 6.45) is 0.695. The average Bonchev–Trinajstić information content (AvgIpc) is 3.11. The Labute approximate surface area is 132 Å². The minimum absolute atomic E-state index is 0.195. The molecule has 0 aliphatic carbocycles. The smallest absolute Gasteiger partial charge is 0.271 e. The molecule has 1 aromatic carbocycles. The number of nitrogens with zero attached hydrogens (tertiary/aromatic N) is 1. The molecule has 2 aromatic heterocycles. The van der Waals surface area contributed by atoms with E-state index in [1.165, 1.54) is 11.3 Å². The number of para-hydroxylation sites is 1. The van der Waals surface area contributed by atoms with Crippen LogP contribution in [0.25, 0.3) is 11.0 Å². The highest BCUT2D eigenvalue weighted by molar-refractivity contribution is 7.09. The van der Waals surface area contributed by atoms with Crippen LogP contribution in [0.5, 0.6) is 0 Å². The third-order valence-corrected chi connectivity index (χ3v) is 4.40. The Hall–Kier alpha value is -2.18. The fourth-order valence-corrected chi connectivity index (χ4v) is 3.09. The summed E-state index contributed by atoms with van der Waals surface area (Å²) in [5, 5.41) is 6.57. The van der Waals surface area contributed by atoms with Gasteiger partial charge in [-0.2, -0.15) is 0 Å². The van der Waals surface area contributed by atoms with Crippen LogP contribution in [-0.4, -0.2) is 17.4 Å². The molecule has 5 nitrogen and oxygen atoms in total. The van der Waals surface area contributed by atoms with Gasteiger partial charge in [0, 0.05) is 22.8 Å². The molecule has 0 radical (unpaired) electrons. The first-order chi connectivity index (χ1) is 10.7. The third kappa shape index (κ3) is 2.88. The van der Waals surface area contributed by atoms with Gasteiger partial charge in [-0.1, -0.05) is 18.2 Å². The summed E-state index contributed by atoms with van der Waals surface area (Å²) in [6, 6.07) is 7.84. The number of carbonyl (C=O) groups is 1. The van der Waals surface area contributed by atoms with E-state index in [-0.39, 0.29) is 5.91 Å². The highest BCUT2D eigenvalue weighted by Gasteiger charge is 2.14. The molecule has 3 rings (SSSR count). The summed E-state index contributed by atoms with van der Waals surface area (Å²) in [7, 11) is 0. The molecule has 0 bridgehead atoms. The van der Waals surface area contributed by atoms with Crippen molar-refractivity contribution >= 4 is 28.2 Å². The van der Waals surface area contributed by atoms with Crippen LogP contribution < -0.4 is 11.1 Å². The highest BCUT2D eigenvalue weighted by atomic mass is 32.1. The first kappa shape index (κ1) is 14.7. The number of thiazole rings is 1. The predicted octanol–water partition coefficient (Wildman–Crippen LogP) is 2.63. The fraction of sp³-hybridized carbons (Fsp3) is 0.250. The zero-order valence-electron chi connectivity index (χ0n) is 12.3. The van der Waals surface area contributed by atoms with Gasteiger partial charge in [-0.15, -0.1) is 11.3 Å². The first-order valence-electron chi connectivity index (χ1n) is 7.08. The molecule has 22 heavy (non-hydrogen) atoms. The quantitative estimate of drug-likeness (QED) is 0.758. The van der Waals surface area contributed by atoms with Crippen molar-refractivity contribution in [2.24, 2.45) is 5.73 Å². The van der Waals surface area contributed by atoms with Crippen LogP contribution >= 0.6 is 11.3 Å². The monoisotopic (exact) mass is 315 g/mol. The largest absolute Gasteiger partial charge is 0.459 e. The summed E-state index contributed by atoms with van der Waals surface area (Å²) in [5.41, 5.74) is 7.81. The predicted molar refractivity (Wildman–Crippen MR) is 87.0 cm³/mol. The van der Waals surface area contributed by atoms with Crippen LogP contribution in [0.2, 0.25) is 0 Å². The van der Waals surface area contributed by atoms with Gasteiger partial charge in [0.2, 0.25) is 0 Å². The van der Waals surface area contributed by atoms with Gasteiger partial charge in [0.1, 0.15) is 17.0 Å². The first-order valence-corrected chi connectivity index (χ1v) is 7.96. The molecule has 0 aliphatic heterocycles. The molecule has 6 heteroatoms. The lowest BCUT2D eigenvalue weighted by molar-refractivity contribution is 0.0943. The lowest BCUT2D eigenvalue weighted by Gasteiger charge is -2.01. The molecule has 0 aliphatic rings. The van der Waals surface area contributed by atoms with E-state index in [0.717, 1.165) is 27.3 Å². The van der Waals surface area contributed by atoms with Gasteiger partial charge >= 0.3 is 0 Å². The standard InChI is InChI=1S/C16H17N3O2S/c1-10-11-4-2-3-5-13(11)21-14(10)8-18-16(20)12-9-22-15(19-12)6-7-17/h2-5,9H,6-8,17H2,1H3,(H,18,20). The maximum atomic E-state index is 12.1. The zero-order valence-corrected chi connectivity index (χ0v) is 13.1. The minimum atomic E-state index is -0.195. The van der Waals surface area contributed by atoms with Crippen molar-refractivity contribution in [3.05, 3.63) is 51.7 Å². The van der Waals surface area contributed by atoms with E-state index in [1.807, 2.05) is 31.2 Å². The lowest BCUT2D eigenvalue weighted by atomic mass is 10.1. The Bertz CT molecular complexity index is 807. The fourth-order valence-electron chi connectivity index (χ4n) is 2.30. The number of carbonyl (C=O) groups excluding carboxylic acids is 1. The van der Waals surface area contributed by atoms with Crippen molar-refractivity contribution in [3.8, 4) is 0 Å². The Morgan fingerprint density at radius 1 is 1.41 bits per heavy atom. The number of amides is 1. The number of rotatable bonds is 5. The lowest BCUT2D eigenvalue weighted by Crippen LogP contribution is -2.23. The third-order valence-electron chi connectivity index (χ3n) is 3.49. The van der Waals surface area contributed by atoms with Crippen LogP contribution in [0, 0.1) is 6.92 Å². The van der Waals surface area contributed by atoms with E-state index in [2.05, 4.69) is 10.3 Å². The van der Waals surface area contributed by atoms with Crippen molar-refractivity contribution in [2.75, 3.05) is 6.54 Å². The molecular formula is C16H17N3O2S. The van der Waals surface area contributed by atoms with Gasteiger partial charge < -0.3 is 15.5 Å². The van der Waals surface area contributed by atoms with Crippen LogP contribution in [0.4, 0.5) is 0 Å². The molecule has 2 heterocycles. The number of benzene rings is 1. The van der Waals surface area contributed by atoms with E-state index in [1.54, 1.807) is 5.38 Å². The van der Waals surface area contributed by atoms with Gasteiger partial charge in [-0.25, -0.2) is 4.98 Å². The van der Waals surface area contributed by atoms with Crippen molar-refractivity contribution in [1.82, 2.24) is 10.3 Å². The number of furan rings is 1. The summed E-state index contributed by atoms with van der Waals surface area (Å²) in [4.78, 5) is 16.4. The van der Waals surface area contributed by atoms with Gasteiger partial charge in [-0.05, 0) is 19.5 Å². The van der Waals surface area contributed by atoms with Gasteiger partial charge in [0.05, 0.1) is 11.6 Å². The second kappa shape index (κ2) is 6.29. The second-order valence-corrected chi connectivity index (χ2v) is 5.94. The second-order valence-electron chi connectivity index (χ2n) is 4.99. The van der Waals surface area contributed by atoms with Gasteiger partial charge in [0.15, 0.2) is 0 Å². The number of nitrogens with two attached hydrogens (primary N) is 1. The van der Waals surface area contributed by atoms with Crippen molar-refractivity contribution in [2.45, 2.75) is 19.9 Å². The van der Waals surface area contributed by atoms with E-state index in [9.17, 15) is 4.79 Å². The molecular weight excluding hydrogens is 298 g/mol. The molecule has 3 aromatic rings. The van der Waals surface area contributed by atoms with Crippen LogP contribution in [0.3, 0.4) is 0 Å². The molecule has 0 spiro atoms. The molecule has 0 unspecified atom stereocenters. The van der Waals surface area contributed by atoms with E-state index < -0.39 is 0 Å². The summed E-state index contributed by atoms with van der Waals surface area (Å²) < 4.78 is 5.78. The van der Waals surface area contributed by atoms with Gasteiger partial charge in [0.25, 0.3) is 5.91 Å². The number of aromatic nitrogens is 1. The maximum Gasteiger partial charge on any atom is 0.271 e. The van der Waals surface area contributed by atoms with Gasteiger partial charge in [-0.3, -0.25) is 4.79 Å². The molecule has 0 atom stereocenters. The normalized spacial score (nSPS) is 11.0. The zero-order chi connectivity index (χ0) is 15.5. The van der Waals surface area contributed by atoms with Crippen LogP contribution in [0.15, 0.2) is 34.1 Å². The topological polar surface area (TPSA) is 81.2 Å². The van der Waals surface area contributed by atoms with Crippen LogP contribution in [-0.2, 0) is 13.0 Å². The number of hydrogen-bond acceptors (Lipinski definition) is 5. The number of aryl methyl sites for hydroxylation is 1. The van der Waals surface area contributed by atoms with E-state index >= 15 is 0 Å². The molecule has 3 N–H and O–H groups in total. The van der Waals surface area contributed by atoms with Crippen LogP contribution in [0.1, 0.15) is 26.8 Å². The number of nitrogens with one attached hydrogen (secondary N) is 1.